The number of rotatable bonds is 6. The molecule has 0 aromatic rings. The monoisotopic (exact) mass is 221 g/mol. The molecule has 0 aromatic heterocycles. The van der Waals surface area contributed by atoms with Crippen molar-refractivity contribution in [3.8, 4) is 0 Å². The summed E-state index contributed by atoms with van der Waals surface area (Å²) in [6.45, 7) is 9.35. The highest BCUT2D eigenvalue weighted by Crippen LogP contribution is 1.96. The van der Waals surface area contributed by atoms with E-state index < -0.39 is 0 Å². The second kappa shape index (κ2) is 10.3. The van der Waals surface area contributed by atoms with Gasteiger partial charge in [-0.3, -0.25) is 5.32 Å². The second-order valence-electron chi connectivity index (χ2n) is 4.26. The van der Waals surface area contributed by atoms with Gasteiger partial charge in [0.1, 0.15) is 0 Å². The summed E-state index contributed by atoms with van der Waals surface area (Å²) in [5, 5.41) is 22.8. The summed E-state index contributed by atoms with van der Waals surface area (Å²) >= 11 is 0. The molecule has 0 aliphatic rings. The summed E-state index contributed by atoms with van der Waals surface area (Å²) in [6.07, 6.45) is 0. The third-order valence-corrected chi connectivity index (χ3v) is 1.64. The molecule has 0 heterocycles. The molecule has 0 spiro atoms. The molecule has 0 fully saturated rings. The molecule has 0 radical (unpaired) electrons. The van der Waals surface area contributed by atoms with Crippen LogP contribution in [0.4, 0.5) is 0 Å². The maximum Gasteiger partial charge on any atom is 0.0608 e. The van der Waals surface area contributed by atoms with Crippen LogP contribution in [0.1, 0.15) is 27.7 Å². The lowest BCUT2D eigenvalue weighted by Crippen LogP contribution is -2.45. The molecule has 0 aliphatic carbocycles. The van der Waals surface area contributed by atoms with Crippen LogP contribution in [0.5, 0.6) is 0 Å². The molecular weight excluding hydrogens is 194 g/mol. The van der Waals surface area contributed by atoms with E-state index in [-0.39, 0.29) is 18.8 Å². The fourth-order valence-electron chi connectivity index (χ4n) is 0.685. The van der Waals surface area contributed by atoms with Crippen molar-refractivity contribution in [2.24, 2.45) is 5.73 Å². The molecule has 0 aliphatic heterocycles. The van der Waals surface area contributed by atoms with Crippen molar-refractivity contribution in [3.05, 3.63) is 0 Å². The number of hydrogen-bond donors (Lipinski definition) is 5. The minimum atomic E-state index is -0.227. The highest BCUT2D eigenvalue weighted by atomic mass is 16.3. The van der Waals surface area contributed by atoms with E-state index in [1.165, 1.54) is 0 Å². The third kappa shape index (κ3) is 16.5. The van der Waals surface area contributed by atoms with Gasteiger partial charge in [-0.05, 0) is 13.8 Å². The van der Waals surface area contributed by atoms with Crippen molar-refractivity contribution in [1.29, 1.82) is 0 Å². The molecular formula is C10H27N3O2. The zero-order chi connectivity index (χ0) is 12.3. The van der Waals surface area contributed by atoms with Crippen molar-refractivity contribution < 1.29 is 10.2 Å². The lowest BCUT2D eigenvalue weighted by Gasteiger charge is -2.21. The van der Waals surface area contributed by atoms with E-state index in [2.05, 4.69) is 24.5 Å². The summed E-state index contributed by atoms with van der Waals surface area (Å²) in [5.41, 5.74) is 4.94. The SMILES string of the molecule is CC(C)(CO)NCN.CC(C)NCCO. The molecule has 0 unspecified atom stereocenters. The summed E-state index contributed by atoms with van der Waals surface area (Å²) < 4.78 is 0. The molecule has 5 nitrogen and oxygen atoms in total. The predicted molar refractivity (Wildman–Crippen MR) is 63.6 cm³/mol. The van der Waals surface area contributed by atoms with Gasteiger partial charge < -0.3 is 21.3 Å². The normalized spacial score (nSPS) is 11.2. The first-order valence-corrected chi connectivity index (χ1v) is 5.29. The summed E-state index contributed by atoms with van der Waals surface area (Å²) in [6, 6.07) is 0.493. The highest BCUT2D eigenvalue weighted by molar-refractivity contribution is 4.73. The maximum atomic E-state index is 8.61. The predicted octanol–water partition coefficient (Wildman–Crippen LogP) is -0.760. The van der Waals surface area contributed by atoms with Crippen molar-refractivity contribution in [2.75, 3.05) is 26.4 Å². The highest BCUT2D eigenvalue weighted by Gasteiger charge is 2.12. The molecule has 0 saturated heterocycles. The average molecular weight is 221 g/mol. The Hall–Kier alpha value is -0.200. The Bertz CT molecular complexity index is 130. The van der Waals surface area contributed by atoms with Gasteiger partial charge in [-0.1, -0.05) is 13.8 Å². The van der Waals surface area contributed by atoms with Crippen LogP contribution < -0.4 is 16.4 Å². The van der Waals surface area contributed by atoms with Crippen molar-refractivity contribution in [1.82, 2.24) is 10.6 Å². The Balaban J connectivity index is 0. The van der Waals surface area contributed by atoms with E-state index in [9.17, 15) is 0 Å². The summed E-state index contributed by atoms with van der Waals surface area (Å²) in [7, 11) is 0. The van der Waals surface area contributed by atoms with Crippen LogP contribution in [0, 0.1) is 0 Å². The first-order valence-electron chi connectivity index (χ1n) is 5.29. The Morgan fingerprint density at radius 3 is 1.93 bits per heavy atom. The minimum absolute atomic E-state index is 0.115. The van der Waals surface area contributed by atoms with E-state index in [0.29, 0.717) is 19.3 Å². The summed E-state index contributed by atoms with van der Waals surface area (Å²) in [5.74, 6) is 0. The molecule has 94 valence electrons. The Labute approximate surface area is 93.1 Å². The van der Waals surface area contributed by atoms with E-state index >= 15 is 0 Å². The van der Waals surface area contributed by atoms with Gasteiger partial charge in [0.15, 0.2) is 0 Å². The maximum absolute atomic E-state index is 8.61. The van der Waals surface area contributed by atoms with Crippen LogP contribution in [-0.4, -0.2) is 48.2 Å². The zero-order valence-corrected chi connectivity index (χ0v) is 10.4. The van der Waals surface area contributed by atoms with Gasteiger partial charge in [0, 0.05) is 24.8 Å². The molecule has 0 rings (SSSR count). The fraction of sp³-hybridized carbons (Fsp3) is 1.00. The van der Waals surface area contributed by atoms with Crippen LogP contribution >= 0.6 is 0 Å². The van der Waals surface area contributed by atoms with E-state index in [1.807, 2.05) is 13.8 Å². The summed E-state index contributed by atoms with van der Waals surface area (Å²) in [4.78, 5) is 0. The van der Waals surface area contributed by atoms with Gasteiger partial charge in [-0.15, -0.1) is 0 Å². The van der Waals surface area contributed by atoms with Crippen molar-refractivity contribution in [2.45, 2.75) is 39.3 Å². The molecule has 0 saturated carbocycles. The van der Waals surface area contributed by atoms with Crippen LogP contribution in [-0.2, 0) is 0 Å². The largest absolute Gasteiger partial charge is 0.395 e. The topological polar surface area (TPSA) is 90.5 Å². The number of nitrogens with two attached hydrogens (primary N) is 1. The van der Waals surface area contributed by atoms with Crippen LogP contribution in [0.15, 0.2) is 0 Å². The van der Waals surface area contributed by atoms with E-state index in [1.54, 1.807) is 0 Å². The van der Waals surface area contributed by atoms with E-state index in [0.717, 1.165) is 0 Å². The van der Waals surface area contributed by atoms with Gasteiger partial charge in [-0.25, -0.2) is 0 Å². The molecule has 0 amide bonds. The van der Waals surface area contributed by atoms with Gasteiger partial charge in [0.25, 0.3) is 0 Å². The van der Waals surface area contributed by atoms with Crippen molar-refractivity contribution >= 4 is 0 Å². The molecule has 0 bridgehead atoms. The Morgan fingerprint density at radius 2 is 1.80 bits per heavy atom. The number of aliphatic hydroxyl groups excluding tert-OH is 2. The molecule has 0 aromatic carbocycles. The molecule has 6 N–H and O–H groups in total. The average Bonchev–Trinajstić information content (AvgIpc) is 2.16. The molecule has 15 heavy (non-hydrogen) atoms. The smallest absolute Gasteiger partial charge is 0.0608 e. The number of aliphatic hydroxyl groups is 2. The van der Waals surface area contributed by atoms with Crippen LogP contribution in [0.25, 0.3) is 0 Å². The first kappa shape index (κ1) is 17.2. The zero-order valence-electron chi connectivity index (χ0n) is 10.4. The second-order valence-corrected chi connectivity index (χ2v) is 4.26. The van der Waals surface area contributed by atoms with Crippen LogP contribution in [0.2, 0.25) is 0 Å². The number of hydrogen-bond acceptors (Lipinski definition) is 5. The van der Waals surface area contributed by atoms with Gasteiger partial charge in [-0.2, -0.15) is 0 Å². The van der Waals surface area contributed by atoms with Crippen molar-refractivity contribution in [3.63, 3.8) is 0 Å². The van der Waals surface area contributed by atoms with Gasteiger partial charge in [0.2, 0.25) is 0 Å². The molecule has 5 heteroatoms. The van der Waals surface area contributed by atoms with Crippen LogP contribution in [0.3, 0.4) is 0 Å². The third-order valence-electron chi connectivity index (χ3n) is 1.64. The Kier molecular flexibility index (Phi) is 11.8. The first-order chi connectivity index (χ1) is 6.89. The van der Waals surface area contributed by atoms with E-state index in [4.69, 9.17) is 15.9 Å². The Morgan fingerprint density at radius 1 is 1.27 bits per heavy atom. The number of nitrogens with one attached hydrogen (secondary N) is 2. The van der Waals surface area contributed by atoms with Gasteiger partial charge in [0.05, 0.1) is 13.2 Å². The fourth-order valence-corrected chi connectivity index (χ4v) is 0.685. The standard InChI is InChI=1S/C5H14N2O.C5H13NO/c1-5(2,3-8)7-4-6;1-5(2)6-3-4-7/h7-8H,3-4,6H2,1-2H3;5-7H,3-4H2,1-2H3. The quantitative estimate of drug-likeness (QED) is 0.380. The lowest BCUT2D eigenvalue weighted by atomic mass is 10.1. The van der Waals surface area contributed by atoms with Gasteiger partial charge >= 0.3 is 0 Å². The minimum Gasteiger partial charge on any atom is -0.395 e. The molecule has 0 atom stereocenters. The lowest BCUT2D eigenvalue weighted by molar-refractivity contribution is 0.190.